The summed E-state index contributed by atoms with van der Waals surface area (Å²) in [6, 6.07) is 1.11. The average Bonchev–Trinajstić information content (AvgIpc) is 2.70. The van der Waals surface area contributed by atoms with E-state index in [1.54, 1.807) is 6.92 Å². The Morgan fingerprint density at radius 3 is 2.55 bits per heavy atom. The molecule has 0 bridgehead atoms. The molecule has 7 heteroatoms. The Morgan fingerprint density at radius 2 is 2.05 bits per heavy atom. The number of aryl methyl sites for hydroxylation is 1. The fraction of sp³-hybridized carbons (Fsp3) is 0.692. The molecule has 1 aliphatic rings. The smallest absolute Gasteiger partial charge is 0.292 e. The summed E-state index contributed by atoms with van der Waals surface area (Å²) in [5.74, 6) is -2.73. The van der Waals surface area contributed by atoms with E-state index in [1.165, 1.54) is 4.90 Å². The maximum atomic E-state index is 13.3. The first-order chi connectivity index (χ1) is 9.21. The molecule has 114 valence electrons. The standard InChI is InChI=1S/C13H16F5NS/c1-2-11-10(13(16,17)18)6-9(20-11)7-19-5-3-4-12(14,15)8-19/h6H,2-5,7-8H2,1H3. The molecule has 1 aliphatic heterocycles. The van der Waals surface area contributed by atoms with Crippen molar-refractivity contribution in [1.82, 2.24) is 4.90 Å². The molecule has 0 atom stereocenters. The molecular weight excluding hydrogens is 297 g/mol. The summed E-state index contributed by atoms with van der Waals surface area (Å²) in [6.07, 6.45) is -3.82. The van der Waals surface area contributed by atoms with Crippen LogP contribution in [0.2, 0.25) is 0 Å². The highest BCUT2D eigenvalue weighted by Crippen LogP contribution is 2.38. The van der Waals surface area contributed by atoms with E-state index in [9.17, 15) is 22.0 Å². The second kappa shape index (κ2) is 5.60. The van der Waals surface area contributed by atoms with E-state index >= 15 is 0 Å². The van der Waals surface area contributed by atoms with Gasteiger partial charge in [0.25, 0.3) is 5.92 Å². The molecule has 0 N–H and O–H groups in total. The molecule has 0 aliphatic carbocycles. The van der Waals surface area contributed by atoms with E-state index < -0.39 is 17.7 Å². The average molecular weight is 313 g/mol. The lowest BCUT2D eigenvalue weighted by atomic mass is 10.1. The largest absolute Gasteiger partial charge is 0.417 e. The van der Waals surface area contributed by atoms with Crippen LogP contribution in [-0.2, 0) is 19.1 Å². The van der Waals surface area contributed by atoms with E-state index in [0.29, 0.717) is 24.3 Å². The molecule has 20 heavy (non-hydrogen) atoms. The molecule has 1 fully saturated rings. The number of nitrogens with zero attached hydrogens (tertiary/aromatic N) is 1. The Labute approximate surface area is 118 Å². The number of thiophene rings is 1. The SMILES string of the molecule is CCc1sc(CN2CCCC(F)(F)C2)cc1C(F)(F)F. The second-order valence-corrected chi connectivity index (χ2v) is 6.29. The van der Waals surface area contributed by atoms with Crippen LogP contribution in [0.15, 0.2) is 6.07 Å². The van der Waals surface area contributed by atoms with Crippen molar-refractivity contribution in [2.45, 2.75) is 44.8 Å². The summed E-state index contributed by atoms with van der Waals surface area (Å²) in [7, 11) is 0. The summed E-state index contributed by atoms with van der Waals surface area (Å²) < 4.78 is 65.0. The van der Waals surface area contributed by atoms with Crippen molar-refractivity contribution in [3.05, 3.63) is 21.4 Å². The molecule has 1 aromatic heterocycles. The molecule has 2 rings (SSSR count). The zero-order valence-corrected chi connectivity index (χ0v) is 11.9. The minimum absolute atomic E-state index is 0.137. The number of piperidine rings is 1. The van der Waals surface area contributed by atoms with Crippen LogP contribution in [0.3, 0.4) is 0 Å². The molecule has 1 saturated heterocycles. The highest BCUT2D eigenvalue weighted by Gasteiger charge is 2.37. The zero-order valence-electron chi connectivity index (χ0n) is 11.1. The van der Waals surface area contributed by atoms with Gasteiger partial charge in [-0.15, -0.1) is 11.3 Å². The first-order valence-corrected chi connectivity index (χ1v) is 7.32. The quantitative estimate of drug-likeness (QED) is 0.739. The van der Waals surface area contributed by atoms with Gasteiger partial charge in [-0.1, -0.05) is 6.92 Å². The molecular formula is C13H16F5NS. The van der Waals surface area contributed by atoms with Crippen molar-refractivity contribution in [3.8, 4) is 0 Å². The molecule has 0 unspecified atom stereocenters. The summed E-state index contributed by atoms with van der Waals surface area (Å²) in [4.78, 5) is 2.32. The summed E-state index contributed by atoms with van der Waals surface area (Å²) in [6.45, 7) is 1.98. The maximum absolute atomic E-state index is 13.3. The third-order valence-corrected chi connectivity index (χ3v) is 4.60. The number of alkyl halides is 5. The van der Waals surface area contributed by atoms with Gasteiger partial charge >= 0.3 is 6.18 Å². The predicted molar refractivity (Wildman–Crippen MR) is 68.2 cm³/mol. The van der Waals surface area contributed by atoms with Gasteiger partial charge in [0.2, 0.25) is 0 Å². The van der Waals surface area contributed by atoms with Crippen molar-refractivity contribution < 1.29 is 22.0 Å². The molecule has 2 heterocycles. The topological polar surface area (TPSA) is 3.24 Å². The van der Waals surface area contributed by atoms with Gasteiger partial charge in [0.05, 0.1) is 12.1 Å². The van der Waals surface area contributed by atoms with Gasteiger partial charge in [-0.2, -0.15) is 13.2 Å². The molecule has 1 nitrogen and oxygen atoms in total. The third kappa shape index (κ3) is 3.69. The van der Waals surface area contributed by atoms with Crippen LogP contribution in [0.4, 0.5) is 22.0 Å². The Hall–Kier alpha value is -0.690. The van der Waals surface area contributed by atoms with Crippen LogP contribution in [0.5, 0.6) is 0 Å². The number of rotatable bonds is 3. The summed E-state index contributed by atoms with van der Waals surface area (Å²) >= 11 is 1.07. The third-order valence-electron chi connectivity index (χ3n) is 3.34. The summed E-state index contributed by atoms with van der Waals surface area (Å²) in [5, 5.41) is 0. The number of likely N-dealkylation sites (tertiary alicyclic amines) is 1. The van der Waals surface area contributed by atoms with Crippen LogP contribution in [0.1, 0.15) is 35.1 Å². The Bertz CT molecular complexity index is 466. The van der Waals surface area contributed by atoms with Crippen molar-refractivity contribution in [1.29, 1.82) is 0 Å². The molecule has 0 saturated carbocycles. The van der Waals surface area contributed by atoms with Gasteiger partial charge in [-0.3, -0.25) is 4.90 Å². The monoisotopic (exact) mass is 313 g/mol. The highest BCUT2D eigenvalue weighted by atomic mass is 32.1. The first kappa shape index (κ1) is 15.7. The normalized spacial score (nSPS) is 20.3. The lowest BCUT2D eigenvalue weighted by Gasteiger charge is -2.31. The minimum Gasteiger partial charge on any atom is -0.292 e. The van der Waals surface area contributed by atoms with Crippen LogP contribution in [0, 0.1) is 0 Å². The number of halogens is 5. The Morgan fingerprint density at radius 1 is 1.35 bits per heavy atom. The van der Waals surface area contributed by atoms with E-state index in [2.05, 4.69) is 0 Å². The van der Waals surface area contributed by atoms with Gasteiger partial charge in [0, 0.05) is 22.7 Å². The molecule has 1 aromatic rings. The minimum atomic E-state index is -4.37. The van der Waals surface area contributed by atoms with Gasteiger partial charge in [-0.25, -0.2) is 8.78 Å². The van der Waals surface area contributed by atoms with Gasteiger partial charge in [-0.05, 0) is 25.5 Å². The lowest BCUT2D eigenvalue weighted by Crippen LogP contribution is -2.41. The van der Waals surface area contributed by atoms with E-state index in [4.69, 9.17) is 0 Å². The first-order valence-electron chi connectivity index (χ1n) is 6.50. The van der Waals surface area contributed by atoms with E-state index in [-0.39, 0.29) is 24.4 Å². The number of hydrogen-bond acceptors (Lipinski definition) is 2. The van der Waals surface area contributed by atoms with E-state index in [0.717, 1.165) is 17.4 Å². The number of hydrogen-bond donors (Lipinski definition) is 0. The molecule has 0 amide bonds. The van der Waals surface area contributed by atoms with Crippen molar-refractivity contribution in [3.63, 3.8) is 0 Å². The second-order valence-electron chi connectivity index (χ2n) is 5.07. The van der Waals surface area contributed by atoms with Crippen molar-refractivity contribution in [2.75, 3.05) is 13.1 Å². The highest BCUT2D eigenvalue weighted by molar-refractivity contribution is 7.12. The fourth-order valence-electron chi connectivity index (χ4n) is 2.47. The van der Waals surface area contributed by atoms with Crippen molar-refractivity contribution >= 4 is 11.3 Å². The van der Waals surface area contributed by atoms with Crippen molar-refractivity contribution in [2.24, 2.45) is 0 Å². The summed E-state index contributed by atoms with van der Waals surface area (Å²) in [5.41, 5.74) is -0.622. The lowest BCUT2D eigenvalue weighted by molar-refractivity contribution is -0.137. The Balaban J connectivity index is 2.12. The van der Waals surface area contributed by atoms with Gasteiger partial charge in [0.15, 0.2) is 0 Å². The molecule has 0 spiro atoms. The van der Waals surface area contributed by atoms with Crippen LogP contribution in [0.25, 0.3) is 0 Å². The molecule has 0 radical (unpaired) electrons. The van der Waals surface area contributed by atoms with Gasteiger partial charge < -0.3 is 0 Å². The zero-order chi connectivity index (χ0) is 15.0. The van der Waals surface area contributed by atoms with Gasteiger partial charge in [0.1, 0.15) is 0 Å². The van der Waals surface area contributed by atoms with Crippen LogP contribution >= 0.6 is 11.3 Å². The fourth-order valence-corrected chi connectivity index (χ4v) is 3.64. The van der Waals surface area contributed by atoms with E-state index in [1.807, 2.05) is 0 Å². The Kier molecular flexibility index (Phi) is 4.39. The molecule has 0 aromatic carbocycles. The predicted octanol–water partition coefficient (Wildman–Crippen LogP) is 4.56. The maximum Gasteiger partial charge on any atom is 0.417 e. The van der Waals surface area contributed by atoms with Crippen LogP contribution < -0.4 is 0 Å². The van der Waals surface area contributed by atoms with Crippen LogP contribution in [-0.4, -0.2) is 23.9 Å².